The molecular formula is C25H32ClN6O2P. The smallest absolute Gasteiger partial charge is 0.231 e. The Hall–Kier alpha value is -2.28. The van der Waals surface area contributed by atoms with Gasteiger partial charge in [-0.1, -0.05) is 24.4 Å². The number of ether oxygens (including phenoxy) is 1. The molecule has 186 valence electrons. The van der Waals surface area contributed by atoms with Crippen molar-refractivity contribution in [2.24, 2.45) is 0 Å². The van der Waals surface area contributed by atoms with Crippen molar-refractivity contribution in [3.05, 3.63) is 29.4 Å². The minimum Gasteiger partial charge on any atom is -0.495 e. The average Bonchev–Trinajstić information content (AvgIpc) is 3.46. The lowest BCUT2D eigenvalue weighted by Crippen LogP contribution is -2.38. The highest BCUT2D eigenvalue weighted by Gasteiger charge is 2.37. The molecule has 1 aromatic carbocycles. The van der Waals surface area contributed by atoms with E-state index in [1.165, 1.54) is 25.7 Å². The summed E-state index contributed by atoms with van der Waals surface area (Å²) in [4.78, 5) is 15.1. The van der Waals surface area contributed by atoms with E-state index in [-0.39, 0.29) is 0 Å². The fraction of sp³-hybridized carbons (Fsp3) is 0.520. The molecular weight excluding hydrogens is 483 g/mol. The summed E-state index contributed by atoms with van der Waals surface area (Å²) >= 11 is 6.44. The van der Waals surface area contributed by atoms with Crippen molar-refractivity contribution in [2.45, 2.75) is 50.6 Å². The quantitative estimate of drug-likeness (QED) is 0.374. The fourth-order valence-corrected chi connectivity index (χ4v) is 8.28. The zero-order valence-corrected chi connectivity index (χ0v) is 21.7. The highest BCUT2D eigenvalue weighted by atomic mass is 35.5. The molecule has 3 N–H and O–H groups in total. The molecule has 3 heterocycles. The third kappa shape index (κ3) is 4.64. The van der Waals surface area contributed by atoms with Gasteiger partial charge >= 0.3 is 0 Å². The number of hydrogen-bond donors (Lipinski definition) is 3. The van der Waals surface area contributed by atoms with E-state index in [0.29, 0.717) is 28.4 Å². The first-order chi connectivity index (χ1) is 17.0. The summed E-state index contributed by atoms with van der Waals surface area (Å²) in [6, 6.07) is 6.95. The number of anilines is 3. The van der Waals surface area contributed by atoms with Crippen LogP contribution in [-0.2, 0) is 4.57 Å². The molecule has 3 aliphatic rings. The molecule has 8 nitrogen and oxygen atoms in total. The maximum atomic E-state index is 13.8. The van der Waals surface area contributed by atoms with Crippen molar-refractivity contribution in [3.8, 4) is 5.75 Å². The number of benzene rings is 1. The van der Waals surface area contributed by atoms with Gasteiger partial charge in [0.2, 0.25) is 5.95 Å². The van der Waals surface area contributed by atoms with Crippen LogP contribution in [0.2, 0.25) is 5.02 Å². The molecule has 2 saturated carbocycles. The Balaban J connectivity index is 1.26. The van der Waals surface area contributed by atoms with Crippen LogP contribution in [0.1, 0.15) is 38.5 Å². The second kappa shape index (κ2) is 9.30. The largest absolute Gasteiger partial charge is 0.495 e. The van der Waals surface area contributed by atoms with E-state index in [1.54, 1.807) is 13.3 Å². The Bertz CT molecular complexity index is 1270. The van der Waals surface area contributed by atoms with Gasteiger partial charge in [-0.2, -0.15) is 9.97 Å². The number of nitrogens with zero attached hydrogens (tertiary/aromatic N) is 3. The zero-order chi connectivity index (χ0) is 24.0. The number of hydrogen-bond acceptors (Lipinski definition) is 7. The number of rotatable bonds is 7. The molecule has 0 spiro atoms. The zero-order valence-electron chi connectivity index (χ0n) is 20.0. The van der Waals surface area contributed by atoms with Crippen LogP contribution < -0.4 is 20.7 Å². The standard InChI is InChI=1S/C25H32ClN6O2P/c1-34-21-14-18(35(33)12-10-32(11-13-35)17-6-7-17)8-9-20(21)29-25-30-23-22(19(26)15-27-23)24(31-25)28-16-4-2-3-5-16/h8-9,14-17H,2-7,10-13H2,1H3,(H3,27,28,29,30,31). The van der Waals surface area contributed by atoms with Crippen molar-refractivity contribution in [3.63, 3.8) is 0 Å². The first kappa shape index (κ1) is 23.1. The molecule has 0 radical (unpaired) electrons. The first-order valence-electron chi connectivity index (χ1n) is 12.6. The summed E-state index contributed by atoms with van der Waals surface area (Å²) in [7, 11) is -0.786. The summed E-state index contributed by atoms with van der Waals surface area (Å²) < 4.78 is 19.5. The van der Waals surface area contributed by atoms with Gasteiger partial charge in [-0.25, -0.2) is 0 Å². The summed E-state index contributed by atoms with van der Waals surface area (Å²) in [6.45, 7) is 1.85. The topological polar surface area (TPSA) is 95.2 Å². The highest BCUT2D eigenvalue weighted by Crippen LogP contribution is 2.49. The third-order valence-corrected chi connectivity index (χ3v) is 11.0. The monoisotopic (exact) mass is 514 g/mol. The van der Waals surface area contributed by atoms with Crippen LogP contribution in [-0.4, -0.2) is 64.5 Å². The summed E-state index contributed by atoms with van der Waals surface area (Å²) in [5.74, 6) is 1.82. The second-order valence-electron chi connectivity index (χ2n) is 10.00. The van der Waals surface area contributed by atoms with Crippen LogP contribution in [0.5, 0.6) is 5.75 Å². The van der Waals surface area contributed by atoms with Crippen LogP contribution in [0.3, 0.4) is 0 Å². The molecule has 6 rings (SSSR count). The minimum absolute atomic E-state index is 0.393. The van der Waals surface area contributed by atoms with E-state index in [1.807, 2.05) is 18.2 Å². The van der Waals surface area contributed by atoms with Gasteiger partial charge in [0, 0.05) is 49.0 Å². The number of aromatic amines is 1. The maximum absolute atomic E-state index is 13.8. The van der Waals surface area contributed by atoms with Crippen LogP contribution in [0.25, 0.3) is 11.0 Å². The normalized spacial score (nSPS) is 20.9. The third-order valence-electron chi connectivity index (χ3n) is 7.64. The molecule has 2 aromatic heterocycles. The number of fused-ring (bicyclic) bond motifs is 1. The van der Waals surface area contributed by atoms with E-state index < -0.39 is 7.14 Å². The van der Waals surface area contributed by atoms with Crippen molar-refractivity contribution in [1.29, 1.82) is 0 Å². The average molecular weight is 515 g/mol. The van der Waals surface area contributed by atoms with Gasteiger partial charge in [0.1, 0.15) is 24.4 Å². The summed E-state index contributed by atoms with van der Waals surface area (Å²) in [5.41, 5.74) is 1.42. The van der Waals surface area contributed by atoms with E-state index in [0.717, 1.165) is 66.5 Å². The second-order valence-corrected chi connectivity index (χ2v) is 13.6. The molecule has 1 saturated heterocycles. The molecule has 2 aliphatic carbocycles. The lowest BCUT2D eigenvalue weighted by Gasteiger charge is -2.32. The van der Waals surface area contributed by atoms with E-state index in [2.05, 4.69) is 25.5 Å². The summed E-state index contributed by atoms with van der Waals surface area (Å²) in [5, 5.41) is 9.19. The lowest BCUT2D eigenvalue weighted by molar-refractivity contribution is 0.285. The van der Waals surface area contributed by atoms with Crippen molar-refractivity contribution < 1.29 is 9.30 Å². The van der Waals surface area contributed by atoms with Gasteiger partial charge in [0.05, 0.1) is 23.2 Å². The number of H-pyrrole nitrogens is 1. The van der Waals surface area contributed by atoms with Crippen molar-refractivity contribution >= 4 is 52.5 Å². The minimum atomic E-state index is -2.42. The van der Waals surface area contributed by atoms with Gasteiger partial charge in [-0.3, -0.25) is 4.90 Å². The van der Waals surface area contributed by atoms with Crippen LogP contribution in [0, 0.1) is 0 Å². The SMILES string of the molecule is COc1cc(P2(=O)CCN(C3CC3)CC2)ccc1Nc1nc(NC2CCCC2)c2c(Cl)c[nH]c2n1. The van der Waals surface area contributed by atoms with Gasteiger partial charge in [-0.05, 0) is 43.9 Å². The maximum Gasteiger partial charge on any atom is 0.231 e. The van der Waals surface area contributed by atoms with E-state index in [4.69, 9.17) is 21.3 Å². The molecule has 1 aliphatic heterocycles. The first-order valence-corrected chi connectivity index (χ1v) is 15.1. The predicted molar refractivity (Wildman–Crippen MR) is 143 cm³/mol. The Morgan fingerprint density at radius 2 is 1.91 bits per heavy atom. The van der Waals surface area contributed by atoms with Crippen LogP contribution in [0.15, 0.2) is 24.4 Å². The molecule has 35 heavy (non-hydrogen) atoms. The van der Waals surface area contributed by atoms with E-state index in [9.17, 15) is 4.57 Å². The Labute approximate surface area is 210 Å². The van der Waals surface area contributed by atoms with Gasteiger partial charge < -0.3 is 24.9 Å². The van der Waals surface area contributed by atoms with Gasteiger partial charge in [0.25, 0.3) is 0 Å². The predicted octanol–water partition coefficient (Wildman–Crippen LogP) is 5.18. The number of methoxy groups -OCH3 is 1. The highest BCUT2D eigenvalue weighted by molar-refractivity contribution is 7.71. The van der Waals surface area contributed by atoms with Gasteiger partial charge in [0.15, 0.2) is 0 Å². The molecule has 0 atom stereocenters. The van der Waals surface area contributed by atoms with Crippen LogP contribution in [0.4, 0.5) is 17.5 Å². The number of halogens is 1. The summed E-state index contributed by atoms with van der Waals surface area (Å²) in [6.07, 6.45) is 10.5. The number of nitrogens with one attached hydrogen (secondary N) is 3. The Kier molecular flexibility index (Phi) is 6.15. The molecule has 0 bridgehead atoms. The van der Waals surface area contributed by atoms with Gasteiger partial charge in [-0.15, -0.1) is 0 Å². The van der Waals surface area contributed by atoms with Crippen molar-refractivity contribution in [1.82, 2.24) is 19.9 Å². The Morgan fingerprint density at radius 1 is 1.14 bits per heavy atom. The molecule has 3 aromatic rings. The molecule has 3 fully saturated rings. The van der Waals surface area contributed by atoms with Crippen molar-refractivity contribution in [2.75, 3.05) is 43.2 Å². The molecule has 10 heteroatoms. The van der Waals surface area contributed by atoms with E-state index >= 15 is 0 Å². The fourth-order valence-electron chi connectivity index (χ4n) is 5.44. The van der Waals surface area contributed by atoms with Crippen LogP contribution >= 0.6 is 18.7 Å². The molecule has 0 unspecified atom stereocenters. The number of aromatic nitrogens is 3. The lowest BCUT2D eigenvalue weighted by atomic mass is 10.2. The Morgan fingerprint density at radius 3 is 2.63 bits per heavy atom. The molecule has 0 amide bonds.